The lowest BCUT2D eigenvalue weighted by Crippen LogP contribution is -2.29. The number of carbonyl (C=O) groups is 1. The Morgan fingerprint density at radius 2 is 1.88 bits per heavy atom. The maximum absolute atomic E-state index is 13.7. The number of aromatic nitrogens is 1. The van der Waals surface area contributed by atoms with Crippen molar-refractivity contribution in [3.05, 3.63) is 99.2 Å². The molecule has 1 amide bonds. The van der Waals surface area contributed by atoms with Crippen molar-refractivity contribution < 1.29 is 9.18 Å². The third-order valence-electron chi connectivity index (χ3n) is 3.63. The summed E-state index contributed by atoms with van der Waals surface area (Å²) in [6, 6.07) is 15.9. The number of rotatable bonds is 4. The smallest absolute Gasteiger partial charge is 0.263 e. The van der Waals surface area contributed by atoms with Crippen LogP contribution in [0.3, 0.4) is 0 Å². The fourth-order valence-electron chi connectivity index (χ4n) is 2.42. The molecule has 3 rings (SSSR count). The van der Waals surface area contributed by atoms with Crippen LogP contribution >= 0.6 is 11.6 Å². The summed E-state index contributed by atoms with van der Waals surface area (Å²) in [5.41, 5.74) is 0.336. The Hall–Kier alpha value is -2.92. The molecule has 1 heterocycles. The molecule has 0 spiro atoms. The van der Waals surface area contributed by atoms with Gasteiger partial charge in [0.2, 0.25) is 0 Å². The van der Waals surface area contributed by atoms with Crippen molar-refractivity contribution in [1.29, 1.82) is 0 Å². The molecule has 126 valence electrons. The minimum atomic E-state index is -0.657. The highest BCUT2D eigenvalue weighted by Crippen LogP contribution is 2.14. The number of para-hydroxylation sites is 1. The van der Waals surface area contributed by atoms with Crippen molar-refractivity contribution in [1.82, 2.24) is 4.57 Å². The van der Waals surface area contributed by atoms with E-state index in [9.17, 15) is 14.0 Å². The molecule has 0 fully saturated rings. The lowest BCUT2D eigenvalue weighted by molar-refractivity contribution is 0.102. The lowest BCUT2D eigenvalue weighted by Gasteiger charge is -2.09. The van der Waals surface area contributed by atoms with Crippen LogP contribution in [0, 0.1) is 5.82 Å². The zero-order chi connectivity index (χ0) is 17.8. The molecule has 0 bridgehead atoms. The van der Waals surface area contributed by atoms with Crippen LogP contribution in [0.15, 0.2) is 71.7 Å². The standard InChI is InChI=1S/C19H14ClFN2O2/c20-14-6-3-5-13(11-14)12-23-10-4-7-15(19(23)25)18(24)22-17-9-2-1-8-16(17)21/h1-11H,12H2,(H,22,24). The molecule has 4 nitrogen and oxygen atoms in total. The van der Waals surface area contributed by atoms with Gasteiger partial charge in [0.15, 0.2) is 0 Å². The number of pyridine rings is 1. The van der Waals surface area contributed by atoms with Crippen molar-refractivity contribution in [2.24, 2.45) is 0 Å². The summed E-state index contributed by atoms with van der Waals surface area (Å²) in [5, 5.41) is 2.99. The van der Waals surface area contributed by atoms with E-state index in [1.54, 1.807) is 36.5 Å². The van der Waals surface area contributed by atoms with Gasteiger partial charge in [-0.1, -0.05) is 35.9 Å². The van der Waals surface area contributed by atoms with Crippen molar-refractivity contribution in [3.63, 3.8) is 0 Å². The molecule has 0 saturated carbocycles. The first kappa shape index (κ1) is 16.9. The van der Waals surface area contributed by atoms with E-state index in [2.05, 4.69) is 5.32 Å². The van der Waals surface area contributed by atoms with Gasteiger partial charge in [0.1, 0.15) is 11.4 Å². The van der Waals surface area contributed by atoms with Gasteiger partial charge in [-0.15, -0.1) is 0 Å². The van der Waals surface area contributed by atoms with Crippen LogP contribution in [-0.4, -0.2) is 10.5 Å². The Morgan fingerprint density at radius 3 is 2.64 bits per heavy atom. The molecule has 2 aromatic carbocycles. The average molecular weight is 357 g/mol. The van der Waals surface area contributed by atoms with Crippen LogP contribution in [-0.2, 0) is 6.54 Å². The monoisotopic (exact) mass is 356 g/mol. The van der Waals surface area contributed by atoms with Crippen LogP contribution in [0.2, 0.25) is 5.02 Å². The molecule has 6 heteroatoms. The van der Waals surface area contributed by atoms with Gasteiger partial charge in [-0.3, -0.25) is 9.59 Å². The van der Waals surface area contributed by atoms with Gasteiger partial charge in [-0.2, -0.15) is 0 Å². The van der Waals surface area contributed by atoms with Crippen molar-refractivity contribution in [3.8, 4) is 0 Å². The fourth-order valence-corrected chi connectivity index (χ4v) is 2.63. The molecule has 0 aliphatic rings. The maximum Gasteiger partial charge on any atom is 0.263 e. The first-order valence-corrected chi connectivity index (χ1v) is 7.92. The van der Waals surface area contributed by atoms with E-state index in [1.807, 2.05) is 6.07 Å². The second kappa shape index (κ2) is 7.32. The van der Waals surface area contributed by atoms with E-state index in [-0.39, 0.29) is 17.8 Å². The summed E-state index contributed by atoms with van der Waals surface area (Å²) < 4.78 is 15.1. The highest BCUT2D eigenvalue weighted by atomic mass is 35.5. The number of nitrogens with one attached hydrogen (secondary N) is 1. The Morgan fingerprint density at radius 1 is 1.08 bits per heavy atom. The highest BCUT2D eigenvalue weighted by Gasteiger charge is 2.14. The molecule has 1 aromatic heterocycles. The average Bonchev–Trinajstić information content (AvgIpc) is 2.59. The Kier molecular flexibility index (Phi) is 4.95. The van der Waals surface area contributed by atoms with Gasteiger partial charge in [0.05, 0.1) is 12.2 Å². The van der Waals surface area contributed by atoms with Gasteiger partial charge in [-0.25, -0.2) is 4.39 Å². The van der Waals surface area contributed by atoms with Gasteiger partial charge >= 0.3 is 0 Å². The predicted octanol–water partition coefficient (Wildman–Crippen LogP) is 3.94. The van der Waals surface area contributed by atoms with E-state index in [0.717, 1.165) is 5.56 Å². The Balaban J connectivity index is 1.87. The molecule has 3 aromatic rings. The number of amides is 1. The van der Waals surface area contributed by atoms with E-state index >= 15 is 0 Å². The van der Waals surface area contributed by atoms with Crippen molar-refractivity contribution in [2.75, 3.05) is 5.32 Å². The van der Waals surface area contributed by atoms with E-state index in [4.69, 9.17) is 11.6 Å². The van der Waals surface area contributed by atoms with Gasteiger partial charge in [-0.05, 0) is 42.0 Å². The van der Waals surface area contributed by atoms with Gasteiger partial charge in [0.25, 0.3) is 11.5 Å². The Labute approximate surface area is 148 Å². The van der Waals surface area contributed by atoms with Crippen molar-refractivity contribution >= 4 is 23.2 Å². The third-order valence-corrected chi connectivity index (χ3v) is 3.86. The normalized spacial score (nSPS) is 10.5. The number of carbonyl (C=O) groups excluding carboxylic acids is 1. The molecule has 0 saturated heterocycles. The molecule has 0 atom stereocenters. The van der Waals surface area contributed by atoms with Crippen LogP contribution in [0.5, 0.6) is 0 Å². The first-order chi connectivity index (χ1) is 12.0. The fraction of sp³-hybridized carbons (Fsp3) is 0.0526. The minimum Gasteiger partial charge on any atom is -0.319 e. The Bertz CT molecular complexity index is 985. The maximum atomic E-state index is 13.7. The number of halogens is 2. The lowest BCUT2D eigenvalue weighted by atomic mass is 10.2. The van der Waals surface area contributed by atoms with E-state index < -0.39 is 17.3 Å². The second-order valence-electron chi connectivity index (χ2n) is 5.42. The molecule has 0 radical (unpaired) electrons. The molecule has 0 aliphatic carbocycles. The summed E-state index contributed by atoms with van der Waals surface area (Å²) in [6.07, 6.45) is 1.59. The minimum absolute atomic E-state index is 0.0251. The van der Waals surface area contributed by atoms with Crippen LogP contribution in [0.25, 0.3) is 0 Å². The number of hydrogen-bond donors (Lipinski definition) is 1. The second-order valence-corrected chi connectivity index (χ2v) is 5.86. The summed E-state index contributed by atoms with van der Waals surface area (Å²) >= 11 is 5.95. The number of anilines is 1. The van der Waals surface area contributed by atoms with Crippen LogP contribution in [0.4, 0.5) is 10.1 Å². The molecular weight excluding hydrogens is 343 g/mol. The predicted molar refractivity (Wildman–Crippen MR) is 95.6 cm³/mol. The molecule has 0 unspecified atom stereocenters. The quantitative estimate of drug-likeness (QED) is 0.769. The van der Waals surface area contributed by atoms with Crippen LogP contribution in [0.1, 0.15) is 15.9 Å². The summed E-state index contributed by atoms with van der Waals surface area (Å²) in [4.78, 5) is 24.9. The largest absolute Gasteiger partial charge is 0.319 e. The SMILES string of the molecule is O=C(Nc1ccccc1F)c1cccn(Cc2cccc(Cl)c2)c1=O. The van der Waals surface area contributed by atoms with Gasteiger partial charge < -0.3 is 9.88 Å². The zero-order valence-corrected chi connectivity index (χ0v) is 13.8. The molecular formula is C19H14ClFN2O2. The number of hydrogen-bond acceptors (Lipinski definition) is 2. The number of benzene rings is 2. The summed E-state index contributed by atoms with van der Waals surface area (Å²) in [6.45, 7) is 0.278. The van der Waals surface area contributed by atoms with Crippen LogP contribution < -0.4 is 10.9 Å². The van der Waals surface area contributed by atoms with Crippen molar-refractivity contribution in [2.45, 2.75) is 6.54 Å². The summed E-state index contributed by atoms with van der Waals surface area (Å²) in [7, 11) is 0. The zero-order valence-electron chi connectivity index (χ0n) is 13.1. The highest BCUT2D eigenvalue weighted by molar-refractivity contribution is 6.30. The third kappa shape index (κ3) is 3.95. The van der Waals surface area contributed by atoms with E-state index in [0.29, 0.717) is 5.02 Å². The molecule has 25 heavy (non-hydrogen) atoms. The molecule has 1 N–H and O–H groups in total. The van der Waals surface area contributed by atoms with Gasteiger partial charge in [0, 0.05) is 11.2 Å². The number of nitrogens with zero attached hydrogens (tertiary/aromatic N) is 1. The first-order valence-electron chi connectivity index (χ1n) is 7.54. The van der Waals surface area contributed by atoms with E-state index in [1.165, 1.54) is 28.8 Å². The molecule has 0 aliphatic heterocycles. The topological polar surface area (TPSA) is 51.1 Å². The summed E-state index contributed by atoms with van der Waals surface area (Å²) in [5.74, 6) is -1.22.